The zero-order valence-electron chi connectivity index (χ0n) is 30.0. The molecule has 0 amide bonds. The zero-order chi connectivity index (χ0) is 37.6. The number of thioether (sulfide) groups is 4. The topological polar surface area (TPSA) is 124 Å². The summed E-state index contributed by atoms with van der Waals surface area (Å²) in [5.74, 6) is 4.56. The molecule has 2 aromatic carbocycles. The number of hydrogen-bond acceptors (Lipinski definition) is 14. The minimum Gasteiger partial charge on any atom is -0.489 e. The number of benzene rings is 2. The molecule has 0 spiro atoms. The van der Waals surface area contributed by atoms with Crippen LogP contribution in [0.3, 0.4) is 0 Å². The molecule has 4 rings (SSSR count). The predicted octanol–water partition coefficient (Wildman–Crippen LogP) is 6.32. The first kappa shape index (κ1) is 41.6. The van der Waals surface area contributed by atoms with Gasteiger partial charge in [0, 0.05) is 46.7 Å². The number of esters is 4. The largest absolute Gasteiger partial charge is 0.489 e. The Morgan fingerprint density at radius 3 is 1.52 bits per heavy atom. The average molecular weight is 791 g/mol. The van der Waals surface area contributed by atoms with Gasteiger partial charge in [0.25, 0.3) is 0 Å². The van der Waals surface area contributed by atoms with E-state index in [1.54, 1.807) is 47.0 Å². The second kappa shape index (κ2) is 20.9. The molecule has 2 aliphatic rings. The number of rotatable bonds is 17. The molecule has 10 nitrogen and oxygen atoms in total. The molecule has 14 heteroatoms. The predicted molar refractivity (Wildman–Crippen MR) is 211 cm³/mol. The maximum Gasteiger partial charge on any atom is 0.330 e. The highest BCUT2D eigenvalue weighted by Crippen LogP contribution is 2.35. The molecule has 2 aromatic rings. The lowest BCUT2D eigenvalue weighted by Crippen LogP contribution is -2.36. The van der Waals surface area contributed by atoms with Crippen LogP contribution in [0.1, 0.15) is 22.3 Å². The molecule has 0 aromatic heterocycles. The van der Waals surface area contributed by atoms with Crippen LogP contribution in [0.25, 0.3) is 11.1 Å². The summed E-state index contributed by atoms with van der Waals surface area (Å²) in [5, 5.41) is -0.506. The smallest absolute Gasteiger partial charge is 0.330 e. The van der Waals surface area contributed by atoms with Gasteiger partial charge in [-0.3, -0.25) is 9.59 Å². The Labute approximate surface area is 322 Å². The first-order valence-electron chi connectivity index (χ1n) is 16.9. The van der Waals surface area contributed by atoms with Crippen molar-refractivity contribution in [3.63, 3.8) is 0 Å². The van der Waals surface area contributed by atoms with Crippen LogP contribution in [0.2, 0.25) is 0 Å². The second-order valence-corrected chi connectivity index (χ2v) is 17.1. The molecule has 2 heterocycles. The van der Waals surface area contributed by atoms with E-state index >= 15 is 0 Å². The van der Waals surface area contributed by atoms with Crippen LogP contribution in [-0.2, 0) is 38.1 Å². The van der Waals surface area contributed by atoms with Gasteiger partial charge in [0.05, 0.1) is 0 Å². The van der Waals surface area contributed by atoms with Gasteiger partial charge in [-0.1, -0.05) is 13.2 Å². The molecule has 4 atom stereocenters. The lowest BCUT2D eigenvalue weighted by Gasteiger charge is -2.24. The van der Waals surface area contributed by atoms with Gasteiger partial charge in [0.1, 0.15) is 48.4 Å². The molecule has 2 fully saturated rings. The van der Waals surface area contributed by atoms with Crippen molar-refractivity contribution in [2.75, 3.05) is 60.9 Å². The number of ether oxygens (including phenoxy) is 6. The molecule has 2 aliphatic heterocycles. The summed E-state index contributed by atoms with van der Waals surface area (Å²) in [6.45, 7) is 14.4. The van der Waals surface area contributed by atoms with E-state index in [0.29, 0.717) is 23.0 Å². The van der Waals surface area contributed by atoms with Crippen molar-refractivity contribution in [1.82, 2.24) is 0 Å². The quantitative estimate of drug-likeness (QED) is 0.101. The molecular formula is C38H46O10S4. The summed E-state index contributed by atoms with van der Waals surface area (Å²) in [5.41, 5.74) is 5.45. The van der Waals surface area contributed by atoms with Gasteiger partial charge in [0.2, 0.25) is 0 Å². The van der Waals surface area contributed by atoms with Crippen molar-refractivity contribution in [1.29, 1.82) is 0 Å². The summed E-state index contributed by atoms with van der Waals surface area (Å²) < 4.78 is 34.3. The monoisotopic (exact) mass is 790 g/mol. The maximum absolute atomic E-state index is 12.9. The minimum atomic E-state index is -0.811. The lowest BCUT2D eigenvalue weighted by atomic mass is 9.96. The van der Waals surface area contributed by atoms with Gasteiger partial charge in [0.15, 0.2) is 12.2 Å². The maximum atomic E-state index is 12.9. The Kier molecular flexibility index (Phi) is 16.7. The van der Waals surface area contributed by atoms with E-state index in [1.165, 1.54) is 0 Å². The van der Waals surface area contributed by atoms with Gasteiger partial charge in [-0.15, -0.1) is 23.5 Å². The van der Waals surface area contributed by atoms with Gasteiger partial charge in [-0.05, 0) is 85.3 Å². The Morgan fingerprint density at radius 2 is 1.08 bits per heavy atom. The van der Waals surface area contributed by atoms with E-state index in [9.17, 15) is 19.2 Å². The van der Waals surface area contributed by atoms with Crippen LogP contribution in [0.4, 0.5) is 0 Å². The number of carbonyl (C=O) groups is 4. The Bertz CT molecular complexity index is 1550. The molecule has 282 valence electrons. The molecule has 0 saturated carbocycles. The van der Waals surface area contributed by atoms with Gasteiger partial charge in [-0.2, -0.15) is 23.5 Å². The third-order valence-electron chi connectivity index (χ3n) is 7.96. The van der Waals surface area contributed by atoms with E-state index in [4.69, 9.17) is 28.4 Å². The normalized spacial score (nSPS) is 18.2. The Hall–Kier alpha value is -3.20. The van der Waals surface area contributed by atoms with Crippen LogP contribution in [0, 0.1) is 27.7 Å². The van der Waals surface area contributed by atoms with E-state index in [0.717, 1.165) is 68.5 Å². The molecule has 0 bridgehead atoms. The first-order valence-corrected chi connectivity index (χ1v) is 21.3. The van der Waals surface area contributed by atoms with Crippen LogP contribution < -0.4 is 9.47 Å². The summed E-state index contributed by atoms with van der Waals surface area (Å²) in [6, 6.07) is 8.08. The third kappa shape index (κ3) is 12.4. The molecular weight excluding hydrogens is 745 g/mol. The van der Waals surface area contributed by atoms with E-state index in [1.807, 2.05) is 52.0 Å². The highest BCUT2D eigenvalue weighted by Gasteiger charge is 2.28. The fourth-order valence-electron chi connectivity index (χ4n) is 5.48. The second-order valence-electron chi connectivity index (χ2n) is 12.2. The highest BCUT2D eigenvalue weighted by atomic mass is 32.2. The van der Waals surface area contributed by atoms with Crippen molar-refractivity contribution in [2.45, 2.75) is 50.4 Å². The molecule has 0 N–H and O–H groups in total. The minimum absolute atomic E-state index is 0.00684. The van der Waals surface area contributed by atoms with Crippen molar-refractivity contribution in [3.8, 4) is 22.6 Å². The van der Waals surface area contributed by atoms with Crippen LogP contribution in [-0.4, -0.2) is 108 Å². The van der Waals surface area contributed by atoms with Crippen molar-refractivity contribution >= 4 is 70.9 Å². The van der Waals surface area contributed by atoms with Crippen LogP contribution in [0.15, 0.2) is 49.6 Å². The number of carbonyl (C=O) groups excluding carboxylic acids is 4. The third-order valence-corrected chi connectivity index (χ3v) is 13.4. The van der Waals surface area contributed by atoms with Crippen molar-refractivity contribution in [3.05, 3.63) is 71.8 Å². The molecule has 52 heavy (non-hydrogen) atoms. The first-order chi connectivity index (χ1) is 25.0. The van der Waals surface area contributed by atoms with Crippen molar-refractivity contribution < 1.29 is 47.6 Å². The summed E-state index contributed by atoms with van der Waals surface area (Å²) >= 11 is 6.58. The fraction of sp³-hybridized carbons (Fsp3) is 0.474. The van der Waals surface area contributed by atoms with E-state index in [2.05, 4.69) is 13.2 Å². The standard InChI is InChI=1S/C38H46O10S4/c1-7-33(39)43-17-30(48-38(42)32-22-50-10-12-52-32)19-45-36-25(5)15-28(16-26(36)6)27-13-23(3)35(24(4)14-27)44-18-29(47-34(40)8-2)20-46-37(41)31-21-49-9-11-51-31/h7-8,13-16,29-32H,1-2,9-12,17-22H2,3-6H3. The SMILES string of the molecule is C=CC(=O)OCC(COc1c(C)cc(-c2cc(C)c(OCC(COC(=O)C3CSCCS3)OC(=O)C=C)c(C)c2)cc1C)OC(=O)C1CSCCS1. The number of hydrogen-bond donors (Lipinski definition) is 0. The number of aryl methyl sites for hydroxylation is 4. The van der Waals surface area contributed by atoms with E-state index in [-0.39, 0.29) is 48.9 Å². The lowest BCUT2D eigenvalue weighted by molar-refractivity contribution is -0.157. The van der Waals surface area contributed by atoms with Gasteiger partial charge >= 0.3 is 23.9 Å². The molecule has 2 saturated heterocycles. The van der Waals surface area contributed by atoms with Crippen LogP contribution in [0.5, 0.6) is 11.5 Å². The Morgan fingerprint density at radius 1 is 0.635 bits per heavy atom. The van der Waals surface area contributed by atoms with Gasteiger partial charge in [-0.25, -0.2) is 9.59 Å². The molecule has 4 unspecified atom stereocenters. The van der Waals surface area contributed by atoms with Gasteiger partial charge < -0.3 is 28.4 Å². The highest BCUT2D eigenvalue weighted by molar-refractivity contribution is 8.07. The molecule has 0 aliphatic carbocycles. The zero-order valence-corrected chi connectivity index (χ0v) is 33.2. The van der Waals surface area contributed by atoms with Crippen LogP contribution >= 0.6 is 47.0 Å². The average Bonchev–Trinajstić information content (AvgIpc) is 3.15. The summed E-state index contributed by atoms with van der Waals surface area (Å²) in [6.07, 6.45) is 0.534. The Balaban J connectivity index is 1.42. The summed E-state index contributed by atoms with van der Waals surface area (Å²) in [7, 11) is 0. The fourth-order valence-corrected chi connectivity index (χ4v) is 10.5. The molecule has 0 radical (unpaired) electrons. The van der Waals surface area contributed by atoms with E-state index < -0.39 is 24.1 Å². The summed E-state index contributed by atoms with van der Waals surface area (Å²) in [4.78, 5) is 49.3. The van der Waals surface area contributed by atoms with Crippen molar-refractivity contribution in [2.24, 2.45) is 0 Å².